The fourth-order valence-corrected chi connectivity index (χ4v) is 8.57. The van der Waals surface area contributed by atoms with Gasteiger partial charge in [0.25, 0.3) is 0 Å². The lowest BCUT2D eigenvalue weighted by Crippen LogP contribution is -2.25. The van der Waals surface area contributed by atoms with E-state index in [-0.39, 0.29) is 0 Å². The largest absolute Gasteiger partial charge is 0.103 e. The average Bonchev–Trinajstić information content (AvgIpc) is 2.88. The van der Waals surface area contributed by atoms with Crippen LogP contribution in [0.25, 0.3) is 0 Å². The van der Waals surface area contributed by atoms with Crippen LogP contribution in [0.3, 0.4) is 0 Å². The Morgan fingerprint density at radius 1 is 0.455 bits per heavy atom. The Bertz CT molecular complexity index is 555. The molecule has 4 aliphatic rings. The van der Waals surface area contributed by atoms with Gasteiger partial charge in [-0.15, -0.1) is 6.58 Å². The van der Waals surface area contributed by atoms with Gasteiger partial charge in [-0.2, -0.15) is 0 Å². The van der Waals surface area contributed by atoms with Gasteiger partial charge in [0.2, 0.25) is 0 Å². The van der Waals surface area contributed by atoms with Crippen LogP contribution in [0.5, 0.6) is 0 Å². The molecule has 0 radical (unpaired) electrons. The molecular formula is C33H56. The van der Waals surface area contributed by atoms with Crippen LogP contribution in [-0.2, 0) is 0 Å². The molecule has 0 aromatic carbocycles. The summed E-state index contributed by atoms with van der Waals surface area (Å²) in [7, 11) is 0. The predicted molar refractivity (Wildman–Crippen MR) is 145 cm³/mol. The smallest absolute Gasteiger partial charge is 0.0322 e. The topological polar surface area (TPSA) is 0 Å². The molecule has 0 aliphatic heterocycles. The SMILES string of the molecule is C=CCC1CCC(C2CCC(C/C=C\CC3CCC(C4CCC(CC)CC4)CC3)CC2)CC1. The maximum atomic E-state index is 3.95. The van der Waals surface area contributed by atoms with E-state index in [9.17, 15) is 0 Å². The summed E-state index contributed by atoms with van der Waals surface area (Å²) in [6, 6.07) is 0. The van der Waals surface area contributed by atoms with Crippen LogP contribution in [0.4, 0.5) is 0 Å². The number of allylic oxidation sites excluding steroid dienone is 3. The molecule has 4 fully saturated rings. The summed E-state index contributed by atoms with van der Waals surface area (Å²) in [5.41, 5.74) is 0. The Kier molecular flexibility index (Phi) is 10.5. The summed E-state index contributed by atoms with van der Waals surface area (Å²) in [6.07, 6.45) is 37.1. The Balaban J connectivity index is 1.06. The normalized spacial score (nSPS) is 40.6. The van der Waals surface area contributed by atoms with Crippen LogP contribution in [0.15, 0.2) is 24.8 Å². The van der Waals surface area contributed by atoms with E-state index in [1.807, 2.05) is 0 Å². The first-order valence-electron chi connectivity index (χ1n) is 15.5. The molecule has 4 aliphatic carbocycles. The zero-order chi connectivity index (χ0) is 22.9. The van der Waals surface area contributed by atoms with Crippen molar-refractivity contribution >= 4 is 0 Å². The Morgan fingerprint density at radius 3 is 1.06 bits per heavy atom. The zero-order valence-electron chi connectivity index (χ0n) is 22.2. The first-order chi connectivity index (χ1) is 16.2. The number of hydrogen-bond donors (Lipinski definition) is 0. The van der Waals surface area contributed by atoms with E-state index in [1.165, 1.54) is 103 Å². The van der Waals surface area contributed by atoms with Gasteiger partial charge in [-0.3, -0.25) is 0 Å². The first-order valence-corrected chi connectivity index (χ1v) is 15.5. The predicted octanol–water partition coefficient (Wildman–Crippen LogP) is 10.5. The highest BCUT2D eigenvalue weighted by atomic mass is 14.4. The lowest BCUT2D eigenvalue weighted by atomic mass is 9.68. The van der Waals surface area contributed by atoms with E-state index in [0.717, 1.165) is 47.3 Å². The first kappa shape index (κ1) is 25.6. The Hall–Kier alpha value is -0.520. The van der Waals surface area contributed by atoms with Crippen molar-refractivity contribution in [3.63, 3.8) is 0 Å². The second-order valence-electron chi connectivity index (χ2n) is 13.0. The molecule has 0 heterocycles. The maximum absolute atomic E-state index is 3.95. The molecule has 0 amide bonds. The molecule has 0 heteroatoms. The van der Waals surface area contributed by atoms with Gasteiger partial charge in [-0.1, -0.05) is 44.4 Å². The molecule has 0 N–H and O–H groups in total. The molecule has 0 bridgehead atoms. The second kappa shape index (κ2) is 13.5. The molecule has 33 heavy (non-hydrogen) atoms. The number of hydrogen-bond acceptors (Lipinski definition) is 0. The summed E-state index contributed by atoms with van der Waals surface area (Å²) >= 11 is 0. The summed E-state index contributed by atoms with van der Waals surface area (Å²) in [6.45, 7) is 6.34. The van der Waals surface area contributed by atoms with Gasteiger partial charge in [0.05, 0.1) is 0 Å². The van der Waals surface area contributed by atoms with E-state index in [0.29, 0.717) is 0 Å². The van der Waals surface area contributed by atoms with Crippen molar-refractivity contribution < 1.29 is 0 Å². The molecular weight excluding hydrogens is 396 g/mol. The zero-order valence-corrected chi connectivity index (χ0v) is 22.2. The van der Waals surface area contributed by atoms with Crippen molar-refractivity contribution in [2.24, 2.45) is 47.3 Å². The van der Waals surface area contributed by atoms with E-state index < -0.39 is 0 Å². The minimum atomic E-state index is 0.955. The van der Waals surface area contributed by atoms with Gasteiger partial charge in [0.1, 0.15) is 0 Å². The van der Waals surface area contributed by atoms with E-state index >= 15 is 0 Å². The Morgan fingerprint density at radius 2 is 0.758 bits per heavy atom. The summed E-state index contributed by atoms with van der Waals surface area (Å²) < 4.78 is 0. The molecule has 0 aromatic rings. The van der Waals surface area contributed by atoms with Gasteiger partial charge in [-0.25, -0.2) is 0 Å². The molecule has 0 saturated heterocycles. The molecule has 0 aromatic heterocycles. The highest BCUT2D eigenvalue weighted by Crippen LogP contribution is 2.44. The van der Waals surface area contributed by atoms with Crippen molar-refractivity contribution in [1.82, 2.24) is 0 Å². The molecule has 4 rings (SSSR count). The summed E-state index contributed by atoms with van der Waals surface area (Å²) in [5.74, 6) is 8.27. The molecule has 188 valence electrons. The van der Waals surface area contributed by atoms with Gasteiger partial charge in [0, 0.05) is 0 Å². The van der Waals surface area contributed by atoms with Crippen molar-refractivity contribution in [3.8, 4) is 0 Å². The van der Waals surface area contributed by atoms with E-state index in [4.69, 9.17) is 0 Å². The monoisotopic (exact) mass is 452 g/mol. The highest BCUT2D eigenvalue weighted by Gasteiger charge is 2.31. The molecule has 0 atom stereocenters. The van der Waals surface area contributed by atoms with Gasteiger partial charge in [-0.05, 0) is 156 Å². The average molecular weight is 453 g/mol. The third-order valence-electron chi connectivity index (χ3n) is 11.1. The van der Waals surface area contributed by atoms with Crippen LogP contribution in [0.2, 0.25) is 0 Å². The lowest BCUT2D eigenvalue weighted by molar-refractivity contribution is 0.145. The Labute approximate surface area is 207 Å². The minimum absolute atomic E-state index is 0.955. The van der Waals surface area contributed by atoms with Crippen LogP contribution in [0.1, 0.15) is 135 Å². The number of rotatable bonds is 9. The van der Waals surface area contributed by atoms with E-state index in [2.05, 4.69) is 31.7 Å². The summed E-state index contributed by atoms with van der Waals surface area (Å²) in [5, 5.41) is 0. The van der Waals surface area contributed by atoms with Gasteiger partial charge < -0.3 is 0 Å². The molecule has 0 spiro atoms. The molecule has 0 nitrogen and oxygen atoms in total. The van der Waals surface area contributed by atoms with Crippen molar-refractivity contribution in [2.75, 3.05) is 0 Å². The minimum Gasteiger partial charge on any atom is -0.103 e. The quantitative estimate of drug-likeness (QED) is 0.305. The third kappa shape index (κ3) is 7.73. The van der Waals surface area contributed by atoms with Crippen LogP contribution >= 0.6 is 0 Å². The third-order valence-corrected chi connectivity index (χ3v) is 11.1. The molecule has 4 saturated carbocycles. The van der Waals surface area contributed by atoms with Crippen molar-refractivity contribution in [3.05, 3.63) is 24.8 Å². The summed E-state index contributed by atoms with van der Waals surface area (Å²) in [4.78, 5) is 0. The maximum Gasteiger partial charge on any atom is -0.0322 e. The highest BCUT2D eigenvalue weighted by molar-refractivity contribution is 4.91. The second-order valence-corrected chi connectivity index (χ2v) is 13.0. The van der Waals surface area contributed by atoms with Crippen LogP contribution in [-0.4, -0.2) is 0 Å². The van der Waals surface area contributed by atoms with Gasteiger partial charge >= 0.3 is 0 Å². The van der Waals surface area contributed by atoms with Crippen molar-refractivity contribution in [1.29, 1.82) is 0 Å². The fraction of sp³-hybridized carbons (Fsp3) is 0.879. The van der Waals surface area contributed by atoms with Crippen LogP contribution in [0, 0.1) is 47.3 Å². The van der Waals surface area contributed by atoms with Crippen LogP contribution < -0.4 is 0 Å². The van der Waals surface area contributed by atoms with Gasteiger partial charge in [0.15, 0.2) is 0 Å². The lowest BCUT2D eigenvalue weighted by Gasteiger charge is -2.38. The standard InChI is InChI=1S/C33H56/c1-3-7-27-12-20-31(21-13-27)33-24-16-29(17-25-33)9-6-5-8-28-14-22-32(23-15-28)30-18-10-26(4-2)11-19-30/h3,5-6,26-33H,1,4,7-25H2,2H3/b6-5-. The van der Waals surface area contributed by atoms with Crippen molar-refractivity contribution in [2.45, 2.75) is 135 Å². The van der Waals surface area contributed by atoms with E-state index in [1.54, 1.807) is 25.7 Å². The molecule has 0 unspecified atom stereocenters. The fourth-order valence-electron chi connectivity index (χ4n) is 8.57.